The Morgan fingerprint density at radius 2 is 0.438 bits per heavy atom. The van der Waals surface area contributed by atoms with Crippen LogP contribution in [0.3, 0.4) is 0 Å². The predicted molar refractivity (Wildman–Crippen MR) is 47.8 cm³/mol. The van der Waals surface area contributed by atoms with Crippen molar-refractivity contribution in [3.05, 3.63) is 64.2 Å². The summed E-state index contributed by atoms with van der Waals surface area (Å²) < 4.78 is 14.5. The summed E-state index contributed by atoms with van der Waals surface area (Å²) in [6, 6.07) is 0. The molecule has 0 aliphatic heterocycles. The molecule has 2 fully saturated rings. The summed E-state index contributed by atoms with van der Waals surface area (Å²) in [6.45, 7) is 0. The normalized spacial score (nSPS) is 15.2. The minimum absolute atomic E-state index is 0. The van der Waals surface area contributed by atoms with Gasteiger partial charge in [-0.2, -0.15) is 0 Å². The predicted octanol–water partition coefficient (Wildman–Crippen LogP) is 1.83. The van der Waals surface area contributed by atoms with E-state index in [1.807, 2.05) is 64.2 Å². The van der Waals surface area contributed by atoms with Crippen molar-refractivity contribution < 1.29 is 43.1 Å². The van der Waals surface area contributed by atoms with Crippen molar-refractivity contribution >= 4 is 0 Å². The first-order chi connectivity index (χ1) is 7.00. The molecule has 88 valence electrons. The fourth-order valence-electron chi connectivity index (χ4n) is 0.642. The smallest absolute Gasteiger partial charge is 0 e. The van der Waals surface area contributed by atoms with Crippen LogP contribution in [0.25, 0.3) is 0 Å². The summed E-state index contributed by atoms with van der Waals surface area (Å²) >= 11 is 0. The molecule has 0 aromatic heterocycles. The van der Waals surface area contributed by atoms with Gasteiger partial charge in [-0.3, -0.25) is 0 Å². The Kier molecular flexibility index (Phi) is 46.6. The van der Waals surface area contributed by atoms with E-state index in [-0.39, 0.29) is 33.6 Å². The summed E-state index contributed by atoms with van der Waals surface area (Å²) in [5.74, 6) is 0. The standard InChI is InChI=1S/2C5H5.2Co.2NO/c2*1-2-4-5-3-1;;;2*1-2/h2*1-5H;;;;/q;;;;2*+1. The molecule has 2 saturated carbocycles. The van der Waals surface area contributed by atoms with E-state index in [4.69, 9.17) is 20.5 Å². The molecule has 0 unspecified atom stereocenters. The number of hydrogen-bond donors (Lipinski definition) is 0. The van der Waals surface area contributed by atoms with E-state index in [1.54, 1.807) is 0 Å². The third-order valence-electron chi connectivity index (χ3n) is 1.11. The van der Waals surface area contributed by atoms with Crippen molar-refractivity contribution in [3.63, 3.8) is 0 Å². The Morgan fingerprint density at radius 3 is 0.500 bits per heavy atom. The van der Waals surface area contributed by atoms with Gasteiger partial charge >= 0.3 is 20.5 Å². The van der Waals surface area contributed by atoms with Crippen molar-refractivity contribution in [3.8, 4) is 0 Å². The molecule has 2 aliphatic rings. The number of nitrogens with zero attached hydrogens (tertiary/aromatic N) is 2. The van der Waals surface area contributed by atoms with Gasteiger partial charge in [-0.25, -0.2) is 0 Å². The van der Waals surface area contributed by atoms with Crippen LogP contribution in [-0.2, 0) is 43.1 Å². The van der Waals surface area contributed by atoms with Crippen molar-refractivity contribution in [2.75, 3.05) is 0 Å². The maximum atomic E-state index is 7.25. The molecule has 4 nitrogen and oxygen atoms in total. The van der Waals surface area contributed by atoms with E-state index in [9.17, 15) is 0 Å². The van der Waals surface area contributed by atoms with E-state index in [0.717, 1.165) is 0 Å². The van der Waals surface area contributed by atoms with Gasteiger partial charge in [-0.05, 0) is 64.2 Å². The minimum atomic E-state index is 0. The molecule has 0 bridgehead atoms. The van der Waals surface area contributed by atoms with Crippen LogP contribution in [0.2, 0.25) is 0 Å². The first kappa shape index (κ1) is 25.3. The summed E-state index contributed by atoms with van der Waals surface area (Å²) in [6.07, 6.45) is 20.0. The molecular formula is C10H10Co2N2O2+2. The molecular weight excluding hydrogens is 298 g/mol. The molecule has 0 spiro atoms. The molecule has 16 heavy (non-hydrogen) atoms. The van der Waals surface area contributed by atoms with Crippen LogP contribution in [0.4, 0.5) is 0 Å². The van der Waals surface area contributed by atoms with Gasteiger partial charge in [0, 0.05) is 33.6 Å². The van der Waals surface area contributed by atoms with Crippen molar-refractivity contribution in [1.82, 2.24) is 0 Å². The van der Waals surface area contributed by atoms with E-state index in [1.165, 1.54) is 0 Å². The number of hydrogen-bond acceptors (Lipinski definition) is 2. The quantitative estimate of drug-likeness (QED) is 0.639. The molecule has 0 amide bonds. The zero-order chi connectivity index (χ0) is 11.1. The Bertz CT molecular complexity index is 104. The maximum absolute atomic E-state index is 7.25. The minimum Gasteiger partial charge on any atom is -0.0312 e. The fraction of sp³-hybridized carbons (Fsp3) is 0. The maximum Gasteiger partial charge on any atom is 0 e. The molecule has 0 aromatic rings. The SMILES string of the molecule is N#[O+].N#[O+].[CH]1[CH][CH][CH][CH]1.[CH]1[CH][CH][CH][CH]1.[Co].[Co]. The Hall–Kier alpha value is 0.353. The molecule has 2 aliphatic carbocycles. The second kappa shape index (κ2) is 29.5. The van der Waals surface area contributed by atoms with Gasteiger partial charge in [-0.1, -0.05) is 0 Å². The largest absolute Gasteiger partial charge is 0.0312 e. The van der Waals surface area contributed by atoms with Crippen LogP contribution < -0.4 is 0 Å². The Morgan fingerprint density at radius 1 is 0.375 bits per heavy atom. The summed E-state index contributed by atoms with van der Waals surface area (Å²) in [4.78, 5) is 0. The van der Waals surface area contributed by atoms with Gasteiger partial charge in [0.05, 0.1) is 0 Å². The molecule has 0 saturated heterocycles. The van der Waals surface area contributed by atoms with Gasteiger partial charge < -0.3 is 0 Å². The molecule has 12 radical (unpaired) electrons. The van der Waals surface area contributed by atoms with Crippen LogP contribution >= 0.6 is 0 Å². The van der Waals surface area contributed by atoms with Crippen molar-refractivity contribution in [1.29, 1.82) is 10.9 Å². The van der Waals surface area contributed by atoms with Gasteiger partial charge in [0.15, 0.2) is 0 Å². The average molecular weight is 308 g/mol. The number of rotatable bonds is 0. The first-order valence-electron chi connectivity index (χ1n) is 3.70. The molecule has 0 N–H and O–H groups in total. The molecule has 0 aromatic carbocycles. The Labute approximate surface area is 118 Å². The molecule has 2 rings (SSSR count). The second-order valence-corrected chi connectivity index (χ2v) is 1.92. The summed E-state index contributed by atoms with van der Waals surface area (Å²) in [7, 11) is 0. The summed E-state index contributed by atoms with van der Waals surface area (Å²) in [5.41, 5.74) is 11.5. The van der Waals surface area contributed by atoms with E-state index in [0.29, 0.717) is 0 Å². The van der Waals surface area contributed by atoms with E-state index in [2.05, 4.69) is 0 Å². The third-order valence-corrected chi connectivity index (χ3v) is 1.11. The molecule has 0 heterocycles. The first-order valence-corrected chi connectivity index (χ1v) is 3.70. The van der Waals surface area contributed by atoms with Gasteiger partial charge in [0.1, 0.15) is 0 Å². The van der Waals surface area contributed by atoms with Gasteiger partial charge in [-0.15, -0.1) is 0 Å². The monoisotopic (exact) mass is 308 g/mol. The summed E-state index contributed by atoms with van der Waals surface area (Å²) in [5, 5.41) is 0. The van der Waals surface area contributed by atoms with Crippen molar-refractivity contribution in [2.45, 2.75) is 0 Å². The van der Waals surface area contributed by atoms with Crippen LogP contribution in [0.1, 0.15) is 0 Å². The van der Waals surface area contributed by atoms with E-state index < -0.39 is 0 Å². The molecule has 0 atom stereocenters. The fourth-order valence-corrected chi connectivity index (χ4v) is 0.642. The van der Waals surface area contributed by atoms with Gasteiger partial charge in [0.2, 0.25) is 0 Å². The van der Waals surface area contributed by atoms with Gasteiger partial charge in [0.25, 0.3) is 0 Å². The zero-order valence-electron chi connectivity index (χ0n) is 8.15. The zero-order valence-corrected chi connectivity index (χ0v) is 10.2. The van der Waals surface area contributed by atoms with Crippen LogP contribution in [0.15, 0.2) is 0 Å². The van der Waals surface area contributed by atoms with Crippen LogP contribution in [0, 0.1) is 75.1 Å². The second-order valence-electron chi connectivity index (χ2n) is 1.92. The van der Waals surface area contributed by atoms with Crippen LogP contribution in [0.5, 0.6) is 0 Å². The average Bonchev–Trinajstić information content (AvgIpc) is 3.01. The molecule has 6 heteroatoms. The van der Waals surface area contributed by atoms with Crippen LogP contribution in [-0.4, -0.2) is 0 Å². The van der Waals surface area contributed by atoms with E-state index >= 15 is 0 Å². The Balaban J connectivity index is -0.0000000631. The van der Waals surface area contributed by atoms with Crippen molar-refractivity contribution in [2.24, 2.45) is 0 Å². The third kappa shape index (κ3) is 23.9. The topological polar surface area (TPSA) is 87.4 Å².